The Bertz CT molecular complexity index is 82.3. The smallest absolute Gasteiger partial charge is 0.00484 e. The van der Waals surface area contributed by atoms with Crippen LogP contribution in [0, 0.1) is 6.92 Å². The maximum absolute atomic E-state index is 3.83. The van der Waals surface area contributed by atoms with Crippen LogP contribution in [0.3, 0.4) is 0 Å². The fourth-order valence-electron chi connectivity index (χ4n) is 1.41. The molecule has 0 aromatic heterocycles. The summed E-state index contributed by atoms with van der Waals surface area (Å²) < 4.78 is 0. The maximum atomic E-state index is 3.83. The standard InChI is InChI=1S/C12H27N2/c1-3-5-6-7-11-14-12-9-8-10-13-4-2/h13-14H,1,3-12H2,2H3. The summed E-state index contributed by atoms with van der Waals surface area (Å²) in [6.45, 7) is 10.6. The molecular weight excluding hydrogens is 172 g/mol. The zero-order valence-electron chi connectivity index (χ0n) is 9.78. The molecule has 0 spiro atoms. The van der Waals surface area contributed by atoms with Gasteiger partial charge in [-0.1, -0.05) is 33.1 Å². The molecule has 0 aliphatic carbocycles. The van der Waals surface area contributed by atoms with Gasteiger partial charge < -0.3 is 10.6 Å². The Kier molecular flexibility index (Phi) is 12.8. The third-order valence-corrected chi connectivity index (χ3v) is 2.31. The van der Waals surface area contributed by atoms with Gasteiger partial charge in [0.15, 0.2) is 0 Å². The topological polar surface area (TPSA) is 24.1 Å². The number of nitrogens with one attached hydrogen (secondary N) is 2. The largest absolute Gasteiger partial charge is 0.317 e. The summed E-state index contributed by atoms with van der Waals surface area (Å²) in [5.74, 6) is 0. The van der Waals surface area contributed by atoms with Gasteiger partial charge >= 0.3 is 0 Å². The van der Waals surface area contributed by atoms with E-state index in [0.29, 0.717) is 0 Å². The van der Waals surface area contributed by atoms with Gasteiger partial charge in [-0.3, -0.25) is 0 Å². The van der Waals surface area contributed by atoms with Crippen LogP contribution in [0.2, 0.25) is 0 Å². The predicted octanol–water partition coefficient (Wildman–Crippen LogP) is 2.36. The molecular formula is C12H27N2. The van der Waals surface area contributed by atoms with Crippen molar-refractivity contribution in [2.45, 2.75) is 45.4 Å². The van der Waals surface area contributed by atoms with Crippen LogP contribution in [0.15, 0.2) is 0 Å². The third kappa shape index (κ3) is 11.9. The summed E-state index contributed by atoms with van der Waals surface area (Å²) >= 11 is 0. The molecule has 0 aliphatic heterocycles. The van der Waals surface area contributed by atoms with E-state index in [2.05, 4.69) is 24.5 Å². The van der Waals surface area contributed by atoms with E-state index in [4.69, 9.17) is 0 Å². The molecule has 0 aromatic carbocycles. The Morgan fingerprint density at radius 1 is 0.786 bits per heavy atom. The Labute approximate surface area is 89.9 Å². The van der Waals surface area contributed by atoms with E-state index in [-0.39, 0.29) is 0 Å². The van der Waals surface area contributed by atoms with Gasteiger partial charge in [0.05, 0.1) is 0 Å². The molecule has 0 atom stereocenters. The van der Waals surface area contributed by atoms with Crippen LogP contribution in [0.4, 0.5) is 0 Å². The second-order valence-corrected chi connectivity index (χ2v) is 3.72. The van der Waals surface area contributed by atoms with Crippen molar-refractivity contribution in [3.05, 3.63) is 6.92 Å². The first-order valence-electron chi connectivity index (χ1n) is 6.12. The number of unbranched alkanes of at least 4 members (excludes halogenated alkanes) is 4. The first-order valence-corrected chi connectivity index (χ1v) is 6.12. The Morgan fingerprint density at radius 2 is 1.36 bits per heavy atom. The zero-order chi connectivity index (χ0) is 10.5. The molecule has 2 N–H and O–H groups in total. The molecule has 0 aromatic rings. The van der Waals surface area contributed by atoms with Gasteiger partial charge in [-0.15, -0.1) is 0 Å². The lowest BCUT2D eigenvalue weighted by Gasteiger charge is -2.04. The molecule has 0 unspecified atom stereocenters. The Hall–Kier alpha value is -0.0800. The van der Waals surface area contributed by atoms with E-state index in [1.165, 1.54) is 51.7 Å². The first-order chi connectivity index (χ1) is 6.91. The lowest BCUT2D eigenvalue weighted by Crippen LogP contribution is -2.19. The summed E-state index contributed by atoms with van der Waals surface area (Å²) in [5, 5.41) is 6.81. The Balaban J connectivity index is 2.78. The van der Waals surface area contributed by atoms with Crippen molar-refractivity contribution in [1.29, 1.82) is 0 Å². The van der Waals surface area contributed by atoms with Gasteiger partial charge in [0.25, 0.3) is 0 Å². The summed E-state index contributed by atoms with van der Waals surface area (Å²) in [4.78, 5) is 0. The molecule has 0 saturated heterocycles. The minimum atomic E-state index is 1.09. The van der Waals surface area contributed by atoms with Crippen molar-refractivity contribution in [3.8, 4) is 0 Å². The second-order valence-electron chi connectivity index (χ2n) is 3.72. The molecule has 0 aliphatic rings. The molecule has 2 nitrogen and oxygen atoms in total. The summed E-state index contributed by atoms with van der Waals surface area (Å²) in [6.07, 6.45) is 7.59. The number of rotatable bonds is 11. The highest BCUT2D eigenvalue weighted by Crippen LogP contribution is 1.96. The van der Waals surface area contributed by atoms with Crippen molar-refractivity contribution in [3.63, 3.8) is 0 Å². The van der Waals surface area contributed by atoms with Gasteiger partial charge in [0, 0.05) is 0 Å². The van der Waals surface area contributed by atoms with Crippen LogP contribution in [0.25, 0.3) is 0 Å². The zero-order valence-corrected chi connectivity index (χ0v) is 9.78. The van der Waals surface area contributed by atoms with Crippen LogP contribution in [0.5, 0.6) is 0 Å². The van der Waals surface area contributed by atoms with Crippen molar-refractivity contribution < 1.29 is 0 Å². The van der Waals surface area contributed by atoms with Crippen molar-refractivity contribution in [2.24, 2.45) is 0 Å². The van der Waals surface area contributed by atoms with Gasteiger partial charge in [-0.25, -0.2) is 0 Å². The number of hydrogen-bond donors (Lipinski definition) is 2. The van der Waals surface area contributed by atoms with Gasteiger partial charge in [0.2, 0.25) is 0 Å². The van der Waals surface area contributed by atoms with E-state index >= 15 is 0 Å². The van der Waals surface area contributed by atoms with E-state index in [9.17, 15) is 0 Å². The SMILES string of the molecule is [CH2]CCCCCNCCCCNCC. The predicted molar refractivity (Wildman–Crippen MR) is 64.5 cm³/mol. The highest BCUT2D eigenvalue weighted by molar-refractivity contribution is 4.52. The molecule has 0 heterocycles. The van der Waals surface area contributed by atoms with Crippen molar-refractivity contribution in [1.82, 2.24) is 10.6 Å². The molecule has 85 valence electrons. The van der Waals surface area contributed by atoms with Crippen molar-refractivity contribution >= 4 is 0 Å². The van der Waals surface area contributed by atoms with Crippen LogP contribution >= 0.6 is 0 Å². The molecule has 0 bridgehead atoms. The molecule has 2 heteroatoms. The van der Waals surface area contributed by atoms with Crippen LogP contribution in [-0.4, -0.2) is 26.2 Å². The molecule has 0 fully saturated rings. The fraction of sp³-hybridized carbons (Fsp3) is 0.917. The summed E-state index contributed by atoms with van der Waals surface area (Å²) in [5.41, 5.74) is 0. The maximum Gasteiger partial charge on any atom is -0.00484 e. The average Bonchev–Trinajstić information content (AvgIpc) is 2.21. The highest BCUT2D eigenvalue weighted by Gasteiger charge is 1.89. The third-order valence-electron chi connectivity index (χ3n) is 2.31. The molecule has 0 amide bonds. The lowest BCUT2D eigenvalue weighted by atomic mass is 10.2. The summed E-state index contributed by atoms with van der Waals surface area (Å²) in [7, 11) is 0. The van der Waals surface area contributed by atoms with Gasteiger partial charge in [-0.2, -0.15) is 0 Å². The quantitative estimate of drug-likeness (QED) is 0.499. The molecule has 0 saturated carbocycles. The molecule has 1 radical (unpaired) electrons. The van der Waals surface area contributed by atoms with Crippen LogP contribution < -0.4 is 10.6 Å². The van der Waals surface area contributed by atoms with Crippen LogP contribution in [0.1, 0.15) is 45.4 Å². The summed E-state index contributed by atoms with van der Waals surface area (Å²) in [6, 6.07) is 0. The first kappa shape index (κ1) is 13.9. The minimum absolute atomic E-state index is 1.09. The van der Waals surface area contributed by atoms with E-state index in [1.807, 2.05) is 0 Å². The minimum Gasteiger partial charge on any atom is -0.317 e. The Morgan fingerprint density at radius 3 is 1.93 bits per heavy atom. The normalized spacial score (nSPS) is 10.7. The fourth-order valence-corrected chi connectivity index (χ4v) is 1.41. The molecule has 0 rings (SSSR count). The van der Waals surface area contributed by atoms with Gasteiger partial charge in [-0.05, 0) is 45.4 Å². The van der Waals surface area contributed by atoms with Crippen molar-refractivity contribution in [2.75, 3.05) is 26.2 Å². The monoisotopic (exact) mass is 199 g/mol. The van der Waals surface area contributed by atoms with E-state index in [0.717, 1.165) is 13.0 Å². The second kappa shape index (κ2) is 12.9. The van der Waals surface area contributed by atoms with Crippen LogP contribution in [-0.2, 0) is 0 Å². The van der Waals surface area contributed by atoms with E-state index < -0.39 is 0 Å². The number of hydrogen-bond acceptors (Lipinski definition) is 2. The average molecular weight is 199 g/mol. The molecule has 14 heavy (non-hydrogen) atoms. The highest BCUT2D eigenvalue weighted by atomic mass is 14.9. The lowest BCUT2D eigenvalue weighted by molar-refractivity contribution is 0.565. The van der Waals surface area contributed by atoms with Gasteiger partial charge in [0.1, 0.15) is 0 Å². The van der Waals surface area contributed by atoms with E-state index in [1.54, 1.807) is 0 Å².